The molecule has 3 rings (SSSR count). The van der Waals surface area contributed by atoms with Crippen LogP contribution in [0.15, 0.2) is 18.2 Å². The highest BCUT2D eigenvalue weighted by Crippen LogP contribution is 2.39. The van der Waals surface area contributed by atoms with Crippen molar-refractivity contribution >= 4 is 23.1 Å². The second-order valence-corrected chi connectivity index (χ2v) is 4.94. The number of halogens is 4. The molecular weight excluding hydrogens is 291 g/mol. The summed E-state index contributed by atoms with van der Waals surface area (Å²) in [5, 5.41) is 2.80. The lowest BCUT2D eigenvalue weighted by molar-refractivity contribution is 0.449. The molecule has 1 heterocycles. The van der Waals surface area contributed by atoms with E-state index >= 15 is 0 Å². The van der Waals surface area contributed by atoms with Gasteiger partial charge in [-0.05, 0) is 25.0 Å². The molecule has 1 fully saturated rings. The molecule has 1 aromatic carbocycles. The van der Waals surface area contributed by atoms with Crippen LogP contribution in [0.1, 0.15) is 24.6 Å². The Morgan fingerprint density at radius 1 is 1.10 bits per heavy atom. The summed E-state index contributed by atoms with van der Waals surface area (Å²) in [6, 6.07) is 3.33. The first kappa shape index (κ1) is 13.2. The number of aromatic nitrogens is 2. The first-order chi connectivity index (χ1) is 9.54. The molecule has 0 bridgehead atoms. The molecule has 0 spiro atoms. The van der Waals surface area contributed by atoms with Gasteiger partial charge in [-0.3, -0.25) is 0 Å². The van der Waals surface area contributed by atoms with Gasteiger partial charge in [0.1, 0.15) is 16.8 Å². The van der Waals surface area contributed by atoms with Gasteiger partial charge in [-0.2, -0.15) is 0 Å². The second kappa shape index (κ2) is 4.94. The Hall–Kier alpha value is -1.82. The molecular formula is C13H9ClF3N3. The van der Waals surface area contributed by atoms with Gasteiger partial charge in [-0.25, -0.2) is 23.1 Å². The van der Waals surface area contributed by atoms with Crippen molar-refractivity contribution in [2.75, 3.05) is 5.32 Å². The fourth-order valence-corrected chi connectivity index (χ4v) is 1.97. The van der Waals surface area contributed by atoms with Crippen molar-refractivity contribution in [3.63, 3.8) is 0 Å². The Morgan fingerprint density at radius 2 is 1.85 bits per heavy atom. The van der Waals surface area contributed by atoms with Crippen molar-refractivity contribution in [3.05, 3.63) is 46.6 Å². The third-order valence-electron chi connectivity index (χ3n) is 2.95. The van der Waals surface area contributed by atoms with E-state index in [1.807, 2.05) is 0 Å². The van der Waals surface area contributed by atoms with Crippen LogP contribution in [0.25, 0.3) is 0 Å². The van der Waals surface area contributed by atoms with E-state index in [4.69, 9.17) is 11.6 Å². The minimum atomic E-state index is -1.53. The summed E-state index contributed by atoms with van der Waals surface area (Å²) in [6.07, 6.45) is 1.97. The average molecular weight is 300 g/mol. The maximum absolute atomic E-state index is 13.6. The summed E-state index contributed by atoms with van der Waals surface area (Å²) in [5.41, 5.74) is -0.208. The molecule has 0 saturated heterocycles. The van der Waals surface area contributed by atoms with Gasteiger partial charge in [0.25, 0.3) is 0 Å². The van der Waals surface area contributed by atoms with Crippen LogP contribution in [0.2, 0.25) is 5.15 Å². The van der Waals surface area contributed by atoms with Crippen LogP contribution in [-0.4, -0.2) is 9.97 Å². The normalized spacial score (nSPS) is 14.4. The van der Waals surface area contributed by atoms with Crippen LogP contribution in [-0.2, 0) is 0 Å². The summed E-state index contributed by atoms with van der Waals surface area (Å²) in [7, 11) is 0. The molecule has 104 valence electrons. The van der Waals surface area contributed by atoms with Gasteiger partial charge in [-0.1, -0.05) is 11.6 Å². The van der Waals surface area contributed by atoms with Crippen LogP contribution in [0, 0.1) is 17.5 Å². The molecule has 0 radical (unpaired) electrons. The van der Waals surface area contributed by atoms with E-state index in [0.717, 1.165) is 25.0 Å². The van der Waals surface area contributed by atoms with Crippen LogP contribution in [0.5, 0.6) is 0 Å². The van der Waals surface area contributed by atoms with Crippen molar-refractivity contribution in [1.29, 1.82) is 0 Å². The Balaban J connectivity index is 1.93. The van der Waals surface area contributed by atoms with Gasteiger partial charge in [0.05, 0.1) is 5.69 Å². The molecule has 1 saturated carbocycles. The summed E-state index contributed by atoms with van der Waals surface area (Å²) in [5.74, 6) is -2.98. The average Bonchev–Trinajstić information content (AvgIpc) is 3.23. The third-order valence-corrected chi connectivity index (χ3v) is 3.15. The highest BCUT2D eigenvalue weighted by molar-refractivity contribution is 6.29. The van der Waals surface area contributed by atoms with Crippen molar-refractivity contribution in [1.82, 2.24) is 9.97 Å². The van der Waals surface area contributed by atoms with Crippen molar-refractivity contribution < 1.29 is 13.2 Å². The quantitative estimate of drug-likeness (QED) is 0.683. The molecule has 7 heteroatoms. The number of hydrogen-bond acceptors (Lipinski definition) is 3. The molecule has 0 unspecified atom stereocenters. The predicted octanol–water partition coefficient (Wildman–Crippen LogP) is 4.17. The molecule has 2 aromatic rings. The van der Waals surface area contributed by atoms with Crippen molar-refractivity contribution in [3.8, 4) is 0 Å². The van der Waals surface area contributed by atoms with E-state index < -0.39 is 17.5 Å². The molecule has 1 N–H and O–H groups in total. The summed E-state index contributed by atoms with van der Waals surface area (Å²) < 4.78 is 39.6. The number of nitrogens with zero attached hydrogens (tertiary/aromatic N) is 2. The standard InChI is InChI=1S/C13H9ClF3N3/c14-9-5-10(20-13(19-9)6-1-2-6)18-8-4-3-7(15)11(16)12(8)17/h3-6H,1-2H2,(H,18,19,20). The molecule has 0 amide bonds. The van der Waals surface area contributed by atoms with E-state index in [1.54, 1.807) is 0 Å². The lowest BCUT2D eigenvalue weighted by Gasteiger charge is -2.09. The Bertz CT molecular complexity index is 674. The number of nitrogens with one attached hydrogen (secondary N) is 1. The lowest BCUT2D eigenvalue weighted by Crippen LogP contribution is -2.03. The smallest absolute Gasteiger partial charge is 0.196 e. The monoisotopic (exact) mass is 299 g/mol. The fourth-order valence-electron chi connectivity index (χ4n) is 1.78. The third kappa shape index (κ3) is 2.56. The van der Waals surface area contributed by atoms with Crippen LogP contribution >= 0.6 is 11.6 Å². The first-order valence-corrected chi connectivity index (χ1v) is 6.37. The van der Waals surface area contributed by atoms with E-state index in [2.05, 4.69) is 15.3 Å². The van der Waals surface area contributed by atoms with E-state index in [1.165, 1.54) is 6.07 Å². The number of anilines is 2. The SMILES string of the molecule is Fc1ccc(Nc2cc(Cl)nc(C3CC3)n2)c(F)c1F. The molecule has 0 atom stereocenters. The van der Waals surface area contributed by atoms with Gasteiger partial charge in [-0.15, -0.1) is 0 Å². The van der Waals surface area contributed by atoms with E-state index in [-0.39, 0.29) is 22.6 Å². The van der Waals surface area contributed by atoms with E-state index in [9.17, 15) is 13.2 Å². The minimum absolute atomic E-state index is 0.208. The zero-order valence-corrected chi connectivity index (χ0v) is 10.9. The molecule has 1 aliphatic rings. The van der Waals surface area contributed by atoms with Crippen molar-refractivity contribution in [2.24, 2.45) is 0 Å². The molecule has 3 nitrogen and oxygen atoms in total. The summed E-state index contributed by atoms with van der Waals surface area (Å²) in [6.45, 7) is 0. The topological polar surface area (TPSA) is 37.8 Å². The summed E-state index contributed by atoms with van der Waals surface area (Å²) in [4.78, 5) is 8.27. The largest absolute Gasteiger partial charge is 0.338 e. The molecule has 1 aromatic heterocycles. The first-order valence-electron chi connectivity index (χ1n) is 5.99. The highest BCUT2D eigenvalue weighted by Gasteiger charge is 2.27. The molecule has 1 aliphatic carbocycles. The van der Waals surface area contributed by atoms with Gasteiger partial charge in [0, 0.05) is 12.0 Å². The van der Waals surface area contributed by atoms with Crippen LogP contribution < -0.4 is 5.32 Å². The molecule has 0 aliphatic heterocycles. The predicted molar refractivity (Wildman–Crippen MR) is 68.6 cm³/mol. The van der Waals surface area contributed by atoms with Crippen LogP contribution in [0.4, 0.5) is 24.7 Å². The van der Waals surface area contributed by atoms with E-state index in [0.29, 0.717) is 5.82 Å². The van der Waals surface area contributed by atoms with Gasteiger partial charge >= 0.3 is 0 Å². The second-order valence-electron chi connectivity index (χ2n) is 4.56. The zero-order valence-electron chi connectivity index (χ0n) is 10.1. The minimum Gasteiger partial charge on any atom is -0.338 e. The number of hydrogen-bond donors (Lipinski definition) is 1. The van der Waals surface area contributed by atoms with Crippen molar-refractivity contribution in [2.45, 2.75) is 18.8 Å². The maximum Gasteiger partial charge on any atom is 0.196 e. The number of benzene rings is 1. The highest BCUT2D eigenvalue weighted by atomic mass is 35.5. The fraction of sp³-hybridized carbons (Fsp3) is 0.231. The van der Waals surface area contributed by atoms with Gasteiger partial charge < -0.3 is 5.32 Å². The van der Waals surface area contributed by atoms with Gasteiger partial charge in [0.2, 0.25) is 0 Å². The Labute approximate surface area is 117 Å². The molecule has 20 heavy (non-hydrogen) atoms. The zero-order chi connectivity index (χ0) is 14.3. The lowest BCUT2D eigenvalue weighted by atomic mass is 10.2. The number of rotatable bonds is 3. The Kier molecular flexibility index (Phi) is 3.25. The summed E-state index contributed by atoms with van der Waals surface area (Å²) >= 11 is 5.87. The Morgan fingerprint density at radius 3 is 2.55 bits per heavy atom. The van der Waals surface area contributed by atoms with Crippen LogP contribution in [0.3, 0.4) is 0 Å². The van der Waals surface area contributed by atoms with Gasteiger partial charge in [0.15, 0.2) is 17.5 Å². The maximum atomic E-state index is 13.6.